The minimum atomic E-state index is 0.616. The van der Waals surface area contributed by atoms with E-state index in [0.29, 0.717) is 5.11 Å². The van der Waals surface area contributed by atoms with Crippen LogP contribution in [0, 0.1) is 0 Å². The van der Waals surface area contributed by atoms with Crippen LogP contribution < -0.4 is 10.6 Å². The van der Waals surface area contributed by atoms with Crippen molar-refractivity contribution in [2.75, 3.05) is 5.32 Å². The van der Waals surface area contributed by atoms with Crippen LogP contribution in [0.5, 0.6) is 0 Å². The molecule has 2 N–H and O–H groups in total. The van der Waals surface area contributed by atoms with Gasteiger partial charge < -0.3 is 10.6 Å². The Morgan fingerprint density at radius 3 is 2.39 bits per heavy atom. The lowest BCUT2D eigenvalue weighted by molar-refractivity contribution is 0.926. The molecule has 0 heterocycles. The molecule has 0 radical (unpaired) electrons. The highest BCUT2D eigenvalue weighted by molar-refractivity contribution is 9.10. The Kier molecular flexibility index (Phi) is 4.73. The fourth-order valence-corrected chi connectivity index (χ4v) is 2.07. The van der Waals surface area contributed by atoms with Crippen LogP contribution >= 0.6 is 28.1 Å². The number of nitrogens with one attached hydrogen (secondary N) is 2. The van der Waals surface area contributed by atoms with Crippen molar-refractivity contribution in [3.63, 3.8) is 0 Å². The lowest BCUT2D eigenvalue weighted by Crippen LogP contribution is -2.27. The van der Waals surface area contributed by atoms with Gasteiger partial charge >= 0.3 is 0 Å². The topological polar surface area (TPSA) is 24.1 Å². The van der Waals surface area contributed by atoms with Crippen LogP contribution in [0.25, 0.3) is 0 Å². The van der Waals surface area contributed by atoms with Gasteiger partial charge in [-0.25, -0.2) is 0 Å². The highest BCUT2D eigenvalue weighted by atomic mass is 79.9. The van der Waals surface area contributed by atoms with E-state index in [4.69, 9.17) is 12.2 Å². The summed E-state index contributed by atoms with van der Waals surface area (Å²) in [5, 5.41) is 6.94. The molecule has 0 unspecified atom stereocenters. The SMILES string of the molecule is S=C(NCc1ccccc1)Nc1ccccc1Br. The highest BCUT2D eigenvalue weighted by Crippen LogP contribution is 2.20. The zero-order valence-corrected chi connectivity index (χ0v) is 12.1. The zero-order chi connectivity index (χ0) is 12.8. The van der Waals surface area contributed by atoms with Gasteiger partial charge in [0.05, 0.1) is 5.69 Å². The molecule has 0 saturated carbocycles. The fourth-order valence-electron chi connectivity index (χ4n) is 1.51. The molecule has 2 aromatic rings. The Hall–Kier alpha value is -1.39. The van der Waals surface area contributed by atoms with Crippen molar-refractivity contribution in [2.45, 2.75) is 6.54 Å². The van der Waals surface area contributed by atoms with Crippen molar-refractivity contribution in [1.29, 1.82) is 0 Å². The molecule has 92 valence electrons. The second-order valence-electron chi connectivity index (χ2n) is 3.77. The first-order valence-corrected chi connectivity index (χ1v) is 6.79. The van der Waals surface area contributed by atoms with Crippen molar-refractivity contribution in [3.05, 3.63) is 64.6 Å². The molecule has 2 rings (SSSR count). The van der Waals surface area contributed by atoms with Crippen LogP contribution in [0.4, 0.5) is 5.69 Å². The first kappa shape index (κ1) is 13.1. The molecule has 0 aromatic heterocycles. The first-order valence-electron chi connectivity index (χ1n) is 5.59. The van der Waals surface area contributed by atoms with Gasteiger partial charge in [0.25, 0.3) is 0 Å². The summed E-state index contributed by atoms with van der Waals surface area (Å²) < 4.78 is 0.994. The smallest absolute Gasteiger partial charge is 0.171 e. The van der Waals surface area contributed by atoms with E-state index in [1.165, 1.54) is 5.56 Å². The summed E-state index contributed by atoms with van der Waals surface area (Å²) in [6.07, 6.45) is 0. The van der Waals surface area contributed by atoms with E-state index in [1.807, 2.05) is 42.5 Å². The normalized spacial score (nSPS) is 9.83. The van der Waals surface area contributed by atoms with Gasteiger partial charge in [0, 0.05) is 11.0 Å². The van der Waals surface area contributed by atoms with Crippen LogP contribution in [0.1, 0.15) is 5.56 Å². The number of rotatable bonds is 3. The summed E-state index contributed by atoms with van der Waals surface area (Å²) in [6.45, 7) is 0.719. The molecule has 0 aliphatic carbocycles. The second-order valence-corrected chi connectivity index (χ2v) is 5.04. The maximum Gasteiger partial charge on any atom is 0.171 e. The fraction of sp³-hybridized carbons (Fsp3) is 0.0714. The molecule has 2 aromatic carbocycles. The van der Waals surface area contributed by atoms with E-state index in [0.717, 1.165) is 16.7 Å². The van der Waals surface area contributed by atoms with Crippen molar-refractivity contribution in [2.24, 2.45) is 0 Å². The Labute approximate surface area is 121 Å². The van der Waals surface area contributed by atoms with Crippen molar-refractivity contribution in [1.82, 2.24) is 5.32 Å². The molecule has 0 aliphatic rings. The summed E-state index contributed by atoms with van der Waals surface area (Å²) >= 11 is 8.72. The van der Waals surface area contributed by atoms with E-state index < -0.39 is 0 Å². The molecule has 0 spiro atoms. The molecule has 4 heteroatoms. The number of para-hydroxylation sites is 1. The lowest BCUT2D eigenvalue weighted by Gasteiger charge is -2.11. The molecule has 2 nitrogen and oxygen atoms in total. The number of benzene rings is 2. The molecule has 0 amide bonds. The Balaban J connectivity index is 1.88. The average Bonchev–Trinajstić information content (AvgIpc) is 2.40. The number of hydrogen-bond donors (Lipinski definition) is 2. The Bertz CT molecular complexity index is 528. The van der Waals surface area contributed by atoms with Gasteiger partial charge in [-0.1, -0.05) is 42.5 Å². The van der Waals surface area contributed by atoms with Gasteiger partial charge in [-0.05, 0) is 45.8 Å². The van der Waals surface area contributed by atoms with Crippen LogP contribution in [0.2, 0.25) is 0 Å². The molecule has 0 aliphatic heterocycles. The summed E-state index contributed by atoms with van der Waals surface area (Å²) in [4.78, 5) is 0. The molecule has 0 bridgehead atoms. The van der Waals surface area contributed by atoms with E-state index in [1.54, 1.807) is 0 Å². The van der Waals surface area contributed by atoms with Gasteiger partial charge in [-0.15, -0.1) is 0 Å². The number of halogens is 1. The first-order chi connectivity index (χ1) is 8.75. The largest absolute Gasteiger partial charge is 0.358 e. The van der Waals surface area contributed by atoms with Crippen LogP contribution in [0.15, 0.2) is 59.1 Å². The molecular formula is C14H13BrN2S. The summed E-state index contributed by atoms with van der Waals surface area (Å²) in [6, 6.07) is 18.0. The van der Waals surface area contributed by atoms with Crippen molar-refractivity contribution < 1.29 is 0 Å². The predicted octanol–water partition coefficient (Wildman–Crippen LogP) is 3.94. The number of anilines is 1. The van der Waals surface area contributed by atoms with Crippen LogP contribution in [0.3, 0.4) is 0 Å². The van der Waals surface area contributed by atoms with Crippen LogP contribution in [-0.4, -0.2) is 5.11 Å². The van der Waals surface area contributed by atoms with E-state index in [-0.39, 0.29) is 0 Å². The standard InChI is InChI=1S/C14H13BrN2S/c15-12-8-4-5-9-13(12)17-14(18)16-10-11-6-2-1-3-7-11/h1-9H,10H2,(H2,16,17,18). The predicted molar refractivity (Wildman–Crippen MR) is 83.6 cm³/mol. The molecule has 0 saturated heterocycles. The summed E-state index contributed by atoms with van der Waals surface area (Å²) in [7, 11) is 0. The average molecular weight is 321 g/mol. The Morgan fingerprint density at radius 2 is 1.67 bits per heavy atom. The summed E-state index contributed by atoms with van der Waals surface area (Å²) in [5.41, 5.74) is 2.16. The maximum atomic E-state index is 5.25. The van der Waals surface area contributed by atoms with Crippen molar-refractivity contribution >= 4 is 38.9 Å². The van der Waals surface area contributed by atoms with Gasteiger partial charge in [0.2, 0.25) is 0 Å². The van der Waals surface area contributed by atoms with Gasteiger partial charge in [0.15, 0.2) is 5.11 Å². The molecular weight excluding hydrogens is 308 g/mol. The molecule has 18 heavy (non-hydrogen) atoms. The minimum absolute atomic E-state index is 0.616. The third kappa shape index (κ3) is 3.82. The summed E-state index contributed by atoms with van der Waals surface area (Å²) in [5.74, 6) is 0. The monoisotopic (exact) mass is 320 g/mol. The third-order valence-electron chi connectivity index (χ3n) is 2.42. The number of thiocarbonyl (C=S) groups is 1. The molecule has 0 fully saturated rings. The van der Waals surface area contributed by atoms with E-state index in [2.05, 4.69) is 38.7 Å². The minimum Gasteiger partial charge on any atom is -0.358 e. The van der Waals surface area contributed by atoms with Crippen molar-refractivity contribution in [3.8, 4) is 0 Å². The van der Waals surface area contributed by atoms with Gasteiger partial charge in [-0.2, -0.15) is 0 Å². The third-order valence-corrected chi connectivity index (χ3v) is 3.36. The zero-order valence-electron chi connectivity index (χ0n) is 9.69. The van der Waals surface area contributed by atoms with E-state index >= 15 is 0 Å². The van der Waals surface area contributed by atoms with Gasteiger partial charge in [0.1, 0.15) is 0 Å². The van der Waals surface area contributed by atoms with Crippen LogP contribution in [-0.2, 0) is 6.54 Å². The highest BCUT2D eigenvalue weighted by Gasteiger charge is 2.00. The quantitative estimate of drug-likeness (QED) is 0.838. The maximum absolute atomic E-state index is 5.25. The molecule has 0 atom stereocenters. The Morgan fingerprint density at radius 1 is 1.00 bits per heavy atom. The van der Waals surface area contributed by atoms with E-state index in [9.17, 15) is 0 Å². The second kappa shape index (κ2) is 6.52. The number of hydrogen-bond acceptors (Lipinski definition) is 1. The van der Waals surface area contributed by atoms with Gasteiger partial charge in [-0.3, -0.25) is 0 Å². The lowest BCUT2D eigenvalue weighted by atomic mass is 10.2.